The van der Waals surface area contributed by atoms with Crippen LogP contribution in [0.5, 0.6) is 0 Å². The highest BCUT2D eigenvalue weighted by atomic mass is 127. The van der Waals surface area contributed by atoms with Crippen molar-refractivity contribution >= 4 is 61.6 Å². The van der Waals surface area contributed by atoms with Crippen molar-refractivity contribution < 1.29 is 9.72 Å². The zero-order valence-electron chi connectivity index (χ0n) is 7.17. The van der Waals surface area contributed by atoms with Gasteiger partial charge >= 0.3 is 0 Å². The van der Waals surface area contributed by atoms with Crippen LogP contribution in [0.3, 0.4) is 0 Å². The zero-order chi connectivity index (χ0) is 11.6. The second kappa shape index (κ2) is 5.22. The SMILES string of the molecule is O=C(CCl)c1cc(Br)c([N+](=O)[O-])c(I)c1. The Hall–Kier alpha value is -0.210. The molecule has 80 valence electrons. The summed E-state index contributed by atoms with van der Waals surface area (Å²) in [6.45, 7) is 0. The number of hydrogen-bond donors (Lipinski definition) is 0. The minimum atomic E-state index is -0.499. The summed E-state index contributed by atoms with van der Waals surface area (Å²) in [7, 11) is 0. The topological polar surface area (TPSA) is 60.2 Å². The van der Waals surface area contributed by atoms with Crippen LogP contribution in [-0.2, 0) is 0 Å². The third-order valence-electron chi connectivity index (χ3n) is 1.64. The van der Waals surface area contributed by atoms with Crippen molar-refractivity contribution in [3.8, 4) is 0 Å². The largest absolute Gasteiger partial charge is 0.296 e. The van der Waals surface area contributed by atoms with Gasteiger partial charge < -0.3 is 0 Å². The van der Waals surface area contributed by atoms with Gasteiger partial charge in [-0.05, 0) is 50.7 Å². The summed E-state index contributed by atoms with van der Waals surface area (Å²) in [6, 6.07) is 2.86. The first kappa shape index (κ1) is 12.9. The summed E-state index contributed by atoms with van der Waals surface area (Å²) in [5.74, 6) is -0.398. The lowest BCUT2D eigenvalue weighted by molar-refractivity contribution is -0.386. The molecule has 7 heteroatoms. The first-order chi connectivity index (χ1) is 6.97. The standard InChI is InChI=1S/C8H4BrClINO3/c9-5-1-4(7(13)3-10)2-6(11)8(5)12(14)15/h1-2H,3H2. The van der Waals surface area contributed by atoms with Crippen molar-refractivity contribution in [2.24, 2.45) is 0 Å². The van der Waals surface area contributed by atoms with Crippen LogP contribution < -0.4 is 0 Å². The smallest absolute Gasteiger partial charge is 0.293 e. The fourth-order valence-electron chi connectivity index (χ4n) is 0.978. The average Bonchev–Trinajstić information content (AvgIpc) is 2.14. The van der Waals surface area contributed by atoms with Crippen LogP contribution in [0.25, 0.3) is 0 Å². The lowest BCUT2D eigenvalue weighted by Crippen LogP contribution is -2.02. The molecule has 1 aromatic carbocycles. The highest BCUT2D eigenvalue weighted by Gasteiger charge is 2.19. The van der Waals surface area contributed by atoms with E-state index in [2.05, 4.69) is 15.9 Å². The first-order valence-electron chi connectivity index (χ1n) is 3.70. The number of hydrogen-bond acceptors (Lipinski definition) is 3. The quantitative estimate of drug-likeness (QED) is 0.255. The van der Waals surface area contributed by atoms with Crippen molar-refractivity contribution in [3.63, 3.8) is 0 Å². The molecule has 0 aromatic heterocycles. The molecule has 0 aliphatic carbocycles. The second-order valence-electron chi connectivity index (χ2n) is 2.60. The molecule has 0 radical (unpaired) electrons. The van der Waals surface area contributed by atoms with Crippen LogP contribution in [0.1, 0.15) is 10.4 Å². The maximum Gasteiger partial charge on any atom is 0.296 e. The first-order valence-corrected chi connectivity index (χ1v) is 6.10. The van der Waals surface area contributed by atoms with Crippen molar-refractivity contribution in [3.05, 3.63) is 35.9 Å². The maximum absolute atomic E-state index is 11.3. The Morgan fingerprint density at radius 3 is 2.60 bits per heavy atom. The minimum Gasteiger partial charge on any atom is -0.293 e. The van der Waals surface area contributed by atoms with Gasteiger partial charge in [-0.3, -0.25) is 14.9 Å². The molecule has 0 saturated heterocycles. The zero-order valence-corrected chi connectivity index (χ0v) is 11.7. The third-order valence-corrected chi connectivity index (χ3v) is 3.31. The molecule has 0 N–H and O–H groups in total. The Balaban J connectivity index is 3.31. The molecule has 0 aliphatic rings. The van der Waals surface area contributed by atoms with E-state index in [1.165, 1.54) is 12.1 Å². The van der Waals surface area contributed by atoms with Crippen LogP contribution in [0, 0.1) is 13.7 Å². The molecule has 0 atom stereocenters. The van der Waals surface area contributed by atoms with Crippen molar-refractivity contribution in [2.45, 2.75) is 0 Å². The van der Waals surface area contributed by atoms with Gasteiger partial charge in [0.15, 0.2) is 5.78 Å². The molecule has 1 aromatic rings. The Kier molecular flexibility index (Phi) is 4.47. The van der Waals surface area contributed by atoms with Crippen LogP contribution in [-0.4, -0.2) is 16.6 Å². The number of carbonyl (C=O) groups excluding carboxylic acids is 1. The van der Waals surface area contributed by atoms with Gasteiger partial charge in [-0.15, -0.1) is 11.6 Å². The Morgan fingerprint density at radius 2 is 2.20 bits per heavy atom. The van der Waals surface area contributed by atoms with Crippen LogP contribution in [0.4, 0.5) is 5.69 Å². The Morgan fingerprint density at radius 1 is 1.60 bits per heavy atom. The number of alkyl halides is 1. The molecule has 0 spiro atoms. The average molecular weight is 404 g/mol. The Labute approximate surface area is 112 Å². The lowest BCUT2D eigenvalue weighted by atomic mass is 10.1. The van der Waals surface area contributed by atoms with E-state index in [9.17, 15) is 14.9 Å². The van der Waals surface area contributed by atoms with Crippen molar-refractivity contribution in [1.82, 2.24) is 0 Å². The number of carbonyl (C=O) groups is 1. The molecule has 0 bridgehead atoms. The molecular weight excluding hydrogens is 400 g/mol. The van der Waals surface area contributed by atoms with Gasteiger partial charge in [0.05, 0.1) is 18.8 Å². The summed E-state index contributed by atoms with van der Waals surface area (Å²) >= 11 is 10.3. The van der Waals surface area contributed by atoms with E-state index in [1.807, 2.05) is 22.6 Å². The van der Waals surface area contributed by atoms with Gasteiger partial charge in [0.25, 0.3) is 5.69 Å². The van der Waals surface area contributed by atoms with Gasteiger partial charge in [0, 0.05) is 5.56 Å². The third kappa shape index (κ3) is 2.88. The summed E-state index contributed by atoms with van der Waals surface area (Å²) in [5.41, 5.74) is 0.327. The number of nitrogens with zero attached hydrogens (tertiary/aromatic N) is 1. The number of nitro groups is 1. The molecule has 0 heterocycles. The molecule has 0 amide bonds. The number of halogens is 3. The summed E-state index contributed by atoms with van der Waals surface area (Å²) in [4.78, 5) is 21.4. The Bertz CT molecular complexity index is 415. The lowest BCUT2D eigenvalue weighted by Gasteiger charge is -2.02. The van der Waals surface area contributed by atoms with Crippen LogP contribution in [0.15, 0.2) is 16.6 Å². The molecule has 0 unspecified atom stereocenters. The number of benzene rings is 1. The summed E-state index contributed by atoms with van der Waals surface area (Å²) in [5, 5.41) is 10.7. The number of nitro benzene ring substituents is 1. The predicted molar refractivity (Wildman–Crippen MR) is 68.6 cm³/mol. The van der Waals surface area contributed by atoms with E-state index in [4.69, 9.17) is 11.6 Å². The molecule has 4 nitrogen and oxygen atoms in total. The van der Waals surface area contributed by atoms with Crippen molar-refractivity contribution in [2.75, 3.05) is 5.88 Å². The normalized spacial score (nSPS) is 10.1. The summed E-state index contributed by atoms with van der Waals surface area (Å²) in [6.07, 6.45) is 0. The van der Waals surface area contributed by atoms with E-state index in [0.717, 1.165) is 0 Å². The van der Waals surface area contributed by atoms with Crippen LogP contribution >= 0.6 is 50.1 Å². The van der Waals surface area contributed by atoms with Crippen molar-refractivity contribution in [1.29, 1.82) is 0 Å². The molecule has 1 rings (SSSR count). The molecule has 0 aliphatic heterocycles. The molecule has 15 heavy (non-hydrogen) atoms. The van der Waals surface area contributed by atoms with E-state index in [-0.39, 0.29) is 21.8 Å². The summed E-state index contributed by atoms with van der Waals surface area (Å²) < 4.78 is 0.688. The van der Waals surface area contributed by atoms with Gasteiger partial charge in [-0.25, -0.2) is 0 Å². The minimum absolute atomic E-state index is 0.0401. The highest BCUT2D eigenvalue weighted by Crippen LogP contribution is 2.31. The van der Waals surface area contributed by atoms with E-state index in [0.29, 0.717) is 9.13 Å². The fraction of sp³-hybridized carbons (Fsp3) is 0.125. The number of Topliss-reactive ketones (excluding diaryl/α,β-unsaturated/α-hetero) is 1. The van der Waals surface area contributed by atoms with Gasteiger partial charge in [-0.2, -0.15) is 0 Å². The van der Waals surface area contributed by atoms with E-state index >= 15 is 0 Å². The second-order valence-corrected chi connectivity index (χ2v) is 4.89. The highest BCUT2D eigenvalue weighted by molar-refractivity contribution is 14.1. The van der Waals surface area contributed by atoms with Gasteiger partial charge in [-0.1, -0.05) is 0 Å². The van der Waals surface area contributed by atoms with Crippen LogP contribution in [0.2, 0.25) is 0 Å². The maximum atomic E-state index is 11.3. The van der Waals surface area contributed by atoms with Gasteiger partial charge in [0.2, 0.25) is 0 Å². The number of rotatable bonds is 3. The van der Waals surface area contributed by atoms with Gasteiger partial charge in [0.1, 0.15) is 0 Å². The van der Waals surface area contributed by atoms with E-state index < -0.39 is 4.92 Å². The van der Waals surface area contributed by atoms with E-state index in [1.54, 1.807) is 0 Å². The molecular formula is C8H4BrClINO3. The predicted octanol–water partition coefficient (Wildman–Crippen LogP) is 3.38. The molecule has 0 saturated carbocycles. The molecule has 0 fully saturated rings. The monoisotopic (exact) mass is 403 g/mol. The fourth-order valence-corrected chi connectivity index (χ4v) is 2.93. The number of ketones is 1.